The van der Waals surface area contributed by atoms with Crippen molar-refractivity contribution in [1.29, 1.82) is 0 Å². The molecule has 0 radical (unpaired) electrons. The van der Waals surface area contributed by atoms with Crippen LogP contribution >= 0.6 is 15.9 Å². The van der Waals surface area contributed by atoms with Crippen LogP contribution in [0, 0.1) is 5.92 Å². The van der Waals surface area contributed by atoms with Crippen LogP contribution in [0.4, 0.5) is 5.69 Å². The molecule has 3 rings (SSSR count). The van der Waals surface area contributed by atoms with E-state index in [1.165, 1.54) is 0 Å². The van der Waals surface area contributed by atoms with Gasteiger partial charge in [-0.3, -0.25) is 9.59 Å². The predicted octanol–water partition coefficient (Wildman–Crippen LogP) is 1.73. The first kappa shape index (κ1) is 14.4. The van der Waals surface area contributed by atoms with E-state index in [9.17, 15) is 9.59 Å². The van der Waals surface area contributed by atoms with Gasteiger partial charge in [0.05, 0.1) is 10.0 Å². The molecule has 1 aromatic rings. The first-order valence-corrected chi connectivity index (χ1v) is 7.99. The summed E-state index contributed by atoms with van der Waals surface area (Å²) in [4.78, 5) is 28.2. The molecule has 1 aliphatic heterocycles. The van der Waals surface area contributed by atoms with Gasteiger partial charge in [0.15, 0.2) is 0 Å². The molecule has 0 unspecified atom stereocenters. The number of anilines is 1. The maximum absolute atomic E-state index is 12.5. The molecule has 2 N–H and O–H groups in total. The molecule has 2 aliphatic rings. The number of hydrogen-bond donors (Lipinski definition) is 1. The van der Waals surface area contributed by atoms with Crippen molar-refractivity contribution in [2.45, 2.75) is 12.8 Å². The lowest BCUT2D eigenvalue weighted by molar-refractivity contribution is -0.134. The van der Waals surface area contributed by atoms with E-state index in [-0.39, 0.29) is 17.7 Å². The van der Waals surface area contributed by atoms with E-state index in [0.29, 0.717) is 41.9 Å². The number of halogens is 1. The van der Waals surface area contributed by atoms with Crippen LogP contribution in [-0.4, -0.2) is 47.8 Å². The average Bonchev–Trinajstić information content (AvgIpc) is 3.33. The standard InChI is InChI=1S/C15H18BrN3O2/c16-13-11(2-1-3-12(13)17)15(21)19-8-6-18(7-9-19)14(20)10-4-5-10/h1-3,10H,4-9,17H2. The van der Waals surface area contributed by atoms with Gasteiger partial charge < -0.3 is 15.5 Å². The summed E-state index contributed by atoms with van der Waals surface area (Å²) in [5, 5.41) is 0. The van der Waals surface area contributed by atoms with E-state index < -0.39 is 0 Å². The summed E-state index contributed by atoms with van der Waals surface area (Å²) in [6, 6.07) is 5.30. The summed E-state index contributed by atoms with van der Waals surface area (Å²) in [5.74, 6) is 0.468. The zero-order valence-electron chi connectivity index (χ0n) is 11.7. The Balaban J connectivity index is 1.64. The predicted molar refractivity (Wildman–Crippen MR) is 83.8 cm³/mol. The van der Waals surface area contributed by atoms with Gasteiger partial charge in [-0.15, -0.1) is 0 Å². The van der Waals surface area contributed by atoms with Gasteiger partial charge in [-0.2, -0.15) is 0 Å². The number of piperazine rings is 1. The lowest BCUT2D eigenvalue weighted by Gasteiger charge is -2.35. The van der Waals surface area contributed by atoms with Crippen molar-refractivity contribution in [1.82, 2.24) is 9.80 Å². The Morgan fingerprint density at radius 1 is 1.10 bits per heavy atom. The molecule has 1 saturated carbocycles. The van der Waals surface area contributed by atoms with Gasteiger partial charge in [0.2, 0.25) is 5.91 Å². The SMILES string of the molecule is Nc1cccc(C(=O)N2CCN(C(=O)C3CC3)CC2)c1Br. The molecule has 6 heteroatoms. The van der Waals surface area contributed by atoms with Crippen molar-refractivity contribution in [3.8, 4) is 0 Å². The van der Waals surface area contributed by atoms with Crippen LogP contribution in [0.25, 0.3) is 0 Å². The van der Waals surface area contributed by atoms with Gasteiger partial charge in [0, 0.05) is 37.8 Å². The molecule has 0 bridgehead atoms. The Bertz CT molecular complexity index is 578. The third-order valence-electron chi connectivity index (χ3n) is 4.06. The Hall–Kier alpha value is -1.56. The lowest BCUT2D eigenvalue weighted by Crippen LogP contribution is -2.51. The summed E-state index contributed by atoms with van der Waals surface area (Å²) in [7, 11) is 0. The van der Waals surface area contributed by atoms with Crippen molar-refractivity contribution in [2.75, 3.05) is 31.9 Å². The maximum Gasteiger partial charge on any atom is 0.255 e. The fraction of sp³-hybridized carbons (Fsp3) is 0.467. The highest BCUT2D eigenvalue weighted by Gasteiger charge is 2.35. The second kappa shape index (κ2) is 5.67. The van der Waals surface area contributed by atoms with Crippen molar-refractivity contribution in [3.05, 3.63) is 28.2 Å². The number of nitrogens with zero attached hydrogens (tertiary/aromatic N) is 2. The summed E-state index contributed by atoms with van der Waals surface area (Å²) < 4.78 is 0.645. The van der Waals surface area contributed by atoms with Crippen molar-refractivity contribution >= 4 is 33.4 Å². The number of rotatable bonds is 2. The van der Waals surface area contributed by atoms with E-state index in [4.69, 9.17) is 5.73 Å². The minimum Gasteiger partial charge on any atom is -0.398 e. The first-order chi connectivity index (χ1) is 10.1. The van der Waals surface area contributed by atoms with Gasteiger partial charge in [-0.25, -0.2) is 0 Å². The summed E-state index contributed by atoms with van der Waals surface area (Å²) in [6.07, 6.45) is 2.04. The first-order valence-electron chi connectivity index (χ1n) is 7.20. The number of amides is 2. The van der Waals surface area contributed by atoms with Crippen LogP contribution in [0.5, 0.6) is 0 Å². The number of hydrogen-bond acceptors (Lipinski definition) is 3. The number of nitrogen functional groups attached to an aromatic ring is 1. The van der Waals surface area contributed by atoms with E-state index in [1.807, 2.05) is 4.90 Å². The molecule has 0 atom stereocenters. The molecule has 1 aromatic carbocycles. The third kappa shape index (κ3) is 2.90. The van der Waals surface area contributed by atoms with Gasteiger partial charge in [0.1, 0.15) is 0 Å². The van der Waals surface area contributed by atoms with Crippen molar-refractivity contribution in [2.24, 2.45) is 5.92 Å². The molecule has 0 aromatic heterocycles. The van der Waals surface area contributed by atoms with E-state index in [2.05, 4.69) is 15.9 Å². The minimum atomic E-state index is -0.0345. The zero-order chi connectivity index (χ0) is 15.0. The molecule has 1 heterocycles. The molecule has 0 spiro atoms. The second-order valence-corrected chi connectivity index (χ2v) is 6.39. The highest BCUT2D eigenvalue weighted by Crippen LogP contribution is 2.31. The van der Waals surface area contributed by atoms with Crippen LogP contribution < -0.4 is 5.73 Å². The van der Waals surface area contributed by atoms with Gasteiger partial charge in [-0.1, -0.05) is 6.07 Å². The highest BCUT2D eigenvalue weighted by molar-refractivity contribution is 9.10. The van der Waals surface area contributed by atoms with E-state index in [1.54, 1.807) is 23.1 Å². The number of nitrogens with two attached hydrogens (primary N) is 1. The Morgan fingerprint density at radius 3 is 2.33 bits per heavy atom. The molecular formula is C15H18BrN3O2. The minimum absolute atomic E-state index is 0.0345. The summed E-state index contributed by atoms with van der Waals surface area (Å²) in [5.41, 5.74) is 6.96. The van der Waals surface area contributed by atoms with Crippen LogP contribution in [0.15, 0.2) is 22.7 Å². The Morgan fingerprint density at radius 2 is 1.71 bits per heavy atom. The topological polar surface area (TPSA) is 66.6 Å². The number of benzene rings is 1. The van der Waals surface area contributed by atoms with Crippen molar-refractivity contribution < 1.29 is 9.59 Å². The smallest absolute Gasteiger partial charge is 0.255 e. The number of carbonyl (C=O) groups is 2. The molecule has 112 valence electrons. The van der Waals surface area contributed by atoms with Crippen LogP contribution in [0.3, 0.4) is 0 Å². The third-order valence-corrected chi connectivity index (χ3v) is 4.95. The second-order valence-electron chi connectivity index (χ2n) is 5.60. The van der Waals surface area contributed by atoms with E-state index in [0.717, 1.165) is 12.8 Å². The molecule has 5 nitrogen and oxygen atoms in total. The Kier molecular flexibility index (Phi) is 3.89. The summed E-state index contributed by atoms with van der Waals surface area (Å²) >= 11 is 3.37. The lowest BCUT2D eigenvalue weighted by atomic mass is 10.1. The zero-order valence-corrected chi connectivity index (χ0v) is 13.3. The monoisotopic (exact) mass is 351 g/mol. The molecule has 21 heavy (non-hydrogen) atoms. The fourth-order valence-corrected chi connectivity index (χ4v) is 3.04. The van der Waals surface area contributed by atoms with Crippen LogP contribution in [0.2, 0.25) is 0 Å². The fourth-order valence-electron chi connectivity index (χ4n) is 2.60. The quantitative estimate of drug-likeness (QED) is 0.825. The molecule has 1 saturated heterocycles. The Labute approximate surface area is 132 Å². The van der Waals surface area contributed by atoms with Crippen LogP contribution in [-0.2, 0) is 4.79 Å². The summed E-state index contributed by atoms with van der Waals surface area (Å²) in [6.45, 7) is 2.42. The molecule has 2 amide bonds. The molecular weight excluding hydrogens is 334 g/mol. The normalized spacial score (nSPS) is 18.7. The van der Waals surface area contributed by atoms with E-state index >= 15 is 0 Å². The average molecular weight is 352 g/mol. The van der Waals surface area contributed by atoms with Gasteiger partial charge >= 0.3 is 0 Å². The number of carbonyl (C=O) groups excluding carboxylic acids is 2. The molecule has 2 fully saturated rings. The molecule has 1 aliphatic carbocycles. The maximum atomic E-state index is 12.5. The highest BCUT2D eigenvalue weighted by atomic mass is 79.9. The van der Waals surface area contributed by atoms with Gasteiger partial charge in [0.25, 0.3) is 5.91 Å². The largest absolute Gasteiger partial charge is 0.398 e. The van der Waals surface area contributed by atoms with Crippen LogP contribution in [0.1, 0.15) is 23.2 Å². The van der Waals surface area contributed by atoms with Gasteiger partial charge in [-0.05, 0) is 40.9 Å². The van der Waals surface area contributed by atoms with Crippen molar-refractivity contribution in [3.63, 3.8) is 0 Å².